The summed E-state index contributed by atoms with van der Waals surface area (Å²) in [4.78, 5) is 15.7. The van der Waals surface area contributed by atoms with Gasteiger partial charge in [-0.1, -0.05) is 170 Å². The first kappa shape index (κ1) is 35.5. The van der Waals surface area contributed by atoms with E-state index >= 15 is 0 Å². The topological polar surface area (TPSA) is 56.7 Å². The second kappa shape index (κ2) is 14.7. The first-order valence-corrected chi connectivity index (χ1v) is 20.8. The Hall–Kier alpha value is -8.41. The molecule has 0 atom stereocenters. The Morgan fingerprint density at radius 1 is 0.306 bits per heavy atom. The molecule has 290 valence electrons. The second-order valence-electron chi connectivity index (χ2n) is 15.6. The van der Waals surface area contributed by atoms with Gasteiger partial charge < -0.3 is 8.98 Å². The monoisotopic (exact) mass is 792 g/mol. The quantitative estimate of drug-likeness (QED) is 0.161. The van der Waals surface area contributed by atoms with Gasteiger partial charge in [-0.25, -0.2) is 15.0 Å². The van der Waals surface area contributed by atoms with Gasteiger partial charge in [0, 0.05) is 38.2 Å². The highest BCUT2D eigenvalue weighted by Crippen LogP contribution is 2.43. The van der Waals surface area contributed by atoms with E-state index in [1.807, 2.05) is 54.6 Å². The molecule has 0 N–H and O–H groups in total. The first-order valence-electron chi connectivity index (χ1n) is 20.8. The predicted molar refractivity (Wildman–Crippen MR) is 254 cm³/mol. The van der Waals surface area contributed by atoms with Crippen molar-refractivity contribution in [2.75, 3.05) is 0 Å². The molecule has 0 unspecified atom stereocenters. The lowest BCUT2D eigenvalue weighted by Crippen LogP contribution is -2.04. The van der Waals surface area contributed by atoms with Gasteiger partial charge >= 0.3 is 0 Å². The number of fused-ring (bicyclic) bond motifs is 6. The molecule has 0 bridgehead atoms. The van der Waals surface area contributed by atoms with E-state index in [0.29, 0.717) is 17.5 Å². The average Bonchev–Trinajstić information content (AvgIpc) is 3.90. The zero-order chi connectivity index (χ0) is 41.0. The summed E-state index contributed by atoms with van der Waals surface area (Å²) >= 11 is 0. The lowest BCUT2D eigenvalue weighted by atomic mass is 9.96. The maximum absolute atomic E-state index is 6.38. The second-order valence-corrected chi connectivity index (χ2v) is 15.6. The van der Waals surface area contributed by atoms with Crippen molar-refractivity contribution >= 4 is 43.7 Å². The van der Waals surface area contributed by atoms with E-state index in [9.17, 15) is 0 Å². The molecule has 12 aromatic rings. The summed E-state index contributed by atoms with van der Waals surface area (Å²) in [6.07, 6.45) is 0. The van der Waals surface area contributed by atoms with E-state index < -0.39 is 0 Å². The Labute approximate surface area is 357 Å². The van der Waals surface area contributed by atoms with Gasteiger partial charge in [-0.05, 0) is 81.9 Å². The molecule has 0 amide bonds. The zero-order valence-corrected chi connectivity index (χ0v) is 33.5. The Balaban J connectivity index is 1.17. The van der Waals surface area contributed by atoms with Crippen LogP contribution < -0.4 is 0 Å². The number of para-hydroxylation sites is 1. The fourth-order valence-corrected chi connectivity index (χ4v) is 8.93. The lowest BCUT2D eigenvalue weighted by molar-refractivity contribution is 0.669. The first-order chi connectivity index (χ1) is 30.7. The Morgan fingerprint density at radius 2 is 0.790 bits per heavy atom. The van der Waals surface area contributed by atoms with Gasteiger partial charge in [0.25, 0.3) is 0 Å². The molecule has 9 aromatic carbocycles. The van der Waals surface area contributed by atoms with Crippen molar-refractivity contribution in [2.45, 2.75) is 0 Å². The Bertz CT molecular complexity index is 3460. The smallest absolute Gasteiger partial charge is 0.166 e. The summed E-state index contributed by atoms with van der Waals surface area (Å²) in [6, 6.07) is 76.4. The van der Waals surface area contributed by atoms with Crippen LogP contribution in [0.2, 0.25) is 0 Å². The molecule has 0 spiro atoms. The SMILES string of the molecule is c1ccc(-c2ccc3c(c2)c2cc(-c4ccccc4)ccc2n3-c2ccc(-c3cccc4oc5ccccc5c34)cc2-c2nc(-c3ccccc3)nc(-c3ccccc3)n2)cc1. The average molecular weight is 793 g/mol. The van der Waals surface area contributed by atoms with E-state index in [-0.39, 0.29) is 0 Å². The minimum Gasteiger partial charge on any atom is -0.456 e. The number of aromatic nitrogens is 4. The molecule has 0 aliphatic carbocycles. The van der Waals surface area contributed by atoms with Crippen LogP contribution in [-0.2, 0) is 0 Å². The van der Waals surface area contributed by atoms with Gasteiger partial charge in [-0.15, -0.1) is 0 Å². The van der Waals surface area contributed by atoms with Gasteiger partial charge in [0.15, 0.2) is 17.5 Å². The molecule has 0 aliphatic rings. The van der Waals surface area contributed by atoms with Crippen molar-refractivity contribution in [1.29, 1.82) is 0 Å². The summed E-state index contributed by atoms with van der Waals surface area (Å²) in [5.41, 5.74) is 14.3. The molecular formula is C57H36N4O. The van der Waals surface area contributed by atoms with Gasteiger partial charge in [0.1, 0.15) is 11.2 Å². The molecule has 0 radical (unpaired) electrons. The molecule has 5 nitrogen and oxygen atoms in total. The largest absolute Gasteiger partial charge is 0.456 e. The fraction of sp³-hybridized carbons (Fsp3) is 0. The Morgan fingerprint density at radius 3 is 1.37 bits per heavy atom. The van der Waals surface area contributed by atoms with Crippen LogP contribution >= 0.6 is 0 Å². The van der Waals surface area contributed by atoms with E-state index in [0.717, 1.165) is 88.4 Å². The predicted octanol–water partition coefficient (Wildman–Crippen LogP) is 14.9. The maximum atomic E-state index is 6.38. The molecule has 0 saturated heterocycles. The fourth-order valence-electron chi connectivity index (χ4n) is 8.93. The molecule has 0 saturated carbocycles. The van der Waals surface area contributed by atoms with Crippen LogP contribution in [0.25, 0.3) is 117 Å². The molecule has 62 heavy (non-hydrogen) atoms. The third-order valence-corrected chi connectivity index (χ3v) is 11.9. The van der Waals surface area contributed by atoms with Crippen LogP contribution in [0.1, 0.15) is 0 Å². The van der Waals surface area contributed by atoms with Crippen LogP contribution in [0.5, 0.6) is 0 Å². The van der Waals surface area contributed by atoms with Gasteiger partial charge in [-0.2, -0.15) is 0 Å². The number of hydrogen-bond acceptors (Lipinski definition) is 4. The number of nitrogens with zero attached hydrogens (tertiary/aromatic N) is 4. The van der Waals surface area contributed by atoms with E-state index in [4.69, 9.17) is 19.4 Å². The molecular weight excluding hydrogens is 757 g/mol. The third kappa shape index (κ3) is 6.06. The normalized spacial score (nSPS) is 11.5. The Kier molecular flexibility index (Phi) is 8.42. The highest BCUT2D eigenvalue weighted by molar-refractivity contribution is 6.14. The minimum absolute atomic E-state index is 0.579. The van der Waals surface area contributed by atoms with Crippen molar-refractivity contribution < 1.29 is 4.42 Å². The van der Waals surface area contributed by atoms with E-state index in [1.54, 1.807) is 0 Å². The molecule has 0 aliphatic heterocycles. The minimum atomic E-state index is 0.579. The van der Waals surface area contributed by atoms with Crippen molar-refractivity contribution in [3.63, 3.8) is 0 Å². The van der Waals surface area contributed by atoms with Crippen LogP contribution in [0, 0.1) is 0 Å². The van der Waals surface area contributed by atoms with Crippen LogP contribution in [0.3, 0.4) is 0 Å². The molecule has 5 heteroatoms. The summed E-state index contributed by atoms with van der Waals surface area (Å²) in [5, 5.41) is 4.47. The highest BCUT2D eigenvalue weighted by atomic mass is 16.3. The third-order valence-electron chi connectivity index (χ3n) is 11.9. The maximum Gasteiger partial charge on any atom is 0.166 e. The molecule has 0 fully saturated rings. The van der Waals surface area contributed by atoms with Crippen LogP contribution in [-0.4, -0.2) is 19.5 Å². The zero-order valence-electron chi connectivity index (χ0n) is 33.5. The van der Waals surface area contributed by atoms with Crippen molar-refractivity contribution in [3.8, 4) is 73.2 Å². The van der Waals surface area contributed by atoms with E-state index in [2.05, 4.69) is 168 Å². The molecule has 3 aromatic heterocycles. The highest BCUT2D eigenvalue weighted by Gasteiger charge is 2.22. The summed E-state index contributed by atoms with van der Waals surface area (Å²) in [5.74, 6) is 1.79. The van der Waals surface area contributed by atoms with E-state index in [1.165, 1.54) is 11.1 Å². The van der Waals surface area contributed by atoms with Crippen molar-refractivity contribution in [1.82, 2.24) is 19.5 Å². The van der Waals surface area contributed by atoms with Crippen LogP contribution in [0.15, 0.2) is 223 Å². The molecule has 3 heterocycles. The number of rotatable bonds is 7. The standard InChI is InChI=1S/C57H36N4O/c1-5-16-37(17-6-1)41-28-31-49-46(34-41)47-35-42(38-18-7-2-8-19-38)29-32-50(47)61(49)51-33-30-43(44-25-15-27-53-54(44)45-24-13-14-26-52(45)62-53)36-48(51)57-59-55(39-20-9-3-10-21-39)58-56(60-57)40-22-11-4-12-23-40/h1-36H. The lowest BCUT2D eigenvalue weighted by Gasteiger charge is -2.17. The number of benzene rings is 9. The number of furan rings is 1. The van der Waals surface area contributed by atoms with Crippen molar-refractivity contribution in [2.24, 2.45) is 0 Å². The number of hydrogen-bond donors (Lipinski definition) is 0. The molecule has 12 rings (SSSR count). The summed E-state index contributed by atoms with van der Waals surface area (Å²) in [7, 11) is 0. The van der Waals surface area contributed by atoms with Gasteiger partial charge in [0.05, 0.1) is 16.7 Å². The van der Waals surface area contributed by atoms with Crippen molar-refractivity contribution in [3.05, 3.63) is 218 Å². The van der Waals surface area contributed by atoms with Crippen LogP contribution in [0.4, 0.5) is 0 Å². The van der Waals surface area contributed by atoms with Gasteiger partial charge in [0.2, 0.25) is 0 Å². The van der Waals surface area contributed by atoms with Gasteiger partial charge in [-0.3, -0.25) is 0 Å². The summed E-state index contributed by atoms with van der Waals surface area (Å²) < 4.78 is 8.77. The summed E-state index contributed by atoms with van der Waals surface area (Å²) in [6.45, 7) is 0.